The van der Waals surface area contributed by atoms with Crippen LogP contribution in [0.5, 0.6) is 5.75 Å². The van der Waals surface area contributed by atoms with Crippen molar-refractivity contribution in [2.24, 2.45) is 5.92 Å². The van der Waals surface area contributed by atoms with Crippen molar-refractivity contribution in [1.82, 2.24) is 0 Å². The van der Waals surface area contributed by atoms with E-state index in [4.69, 9.17) is 4.74 Å². The Kier molecular flexibility index (Phi) is 11.9. The lowest BCUT2D eigenvalue weighted by Gasteiger charge is -2.22. The van der Waals surface area contributed by atoms with Crippen molar-refractivity contribution >= 4 is 5.57 Å². The van der Waals surface area contributed by atoms with Gasteiger partial charge in [0.25, 0.3) is 0 Å². The van der Waals surface area contributed by atoms with Crippen LogP contribution in [0.2, 0.25) is 0 Å². The molecule has 1 unspecified atom stereocenters. The Morgan fingerprint density at radius 2 is 1.33 bits per heavy atom. The van der Waals surface area contributed by atoms with Crippen LogP contribution in [-0.4, -0.2) is 6.61 Å². The number of rotatable bonds is 14. The summed E-state index contributed by atoms with van der Waals surface area (Å²) < 4.78 is 65.7. The SMILES string of the molecule is CC=CCCC1CC=C(c2ccc(-c3ccc(-c4ccc(OCCCCCCCC)c(F)c4F)cc3)c(F)c2F)CC1. The molecule has 0 saturated heterocycles. The molecule has 224 valence electrons. The first-order chi connectivity index (χ1) is 20.4. The maximum absolute atomic E-state index is 15.2. The minimum Gasteiger partial charge on any atom is -0.490 e. The Labute approximate surface area is 248 Å². The Morgan fingerprint density at radius 1 is 0.738 bits per heavy atom. The van der Waals surface area contributed by atoms with Crippen LogP contribution in [0.4, 0.5) is 17.6 Å². The van der Waals surface area contributed by atoms with E-state index in [0.717, 1.165) is 56.9 Å². The highest BCUT2D eigenvalue weighted by Gasteiger charge is 2.21. The van der Waals surface area contributed by atoms with Crippen molar-refractivity contribution in [3.63, 3.8) is 0 Å². The third kappa shape index (κ3) is 7.93. The second-order valence-electron chi connectivity index (χ2n) is 11.2. The fourth-order valence-corrected chi connectivity index (χ4v) is 5.67. The Bertz CT molecular complexity index is 1370. The van der Waals surface area contributed by atoms with E-state index in [1.165, 1.54) is 31.4 Å². The molecule has 0 saturated carbocycles. The zero-order valence-electron chi connectivity index (χ0n) is 24.8. The third-order valence-corrected chi connectivity index (χ3v) is 8.23. The monoisotopic (exact) mass is 578 g/mol. The zero-order chi connectivity index (χ0) is 29.9. The van der Waals surface area contributed by atoms with Gasteiger partial charge in [0.15, 0.2) is 23.2 Å². The van der Waals surface area contributed by atoms with Gasteiger partial charge < -0.3 is 4.74 Å². The van der Waals surface area contributed by atoms with Crippen molar-refractivity contribution in [2.75, 3.05) is 6.61 Å². The minimum atomic E-state index is -1.02. The summed E-state index contributed by atoms with van der Waals surface area (Å²) in [6.45, 7) is 4.52. The van der Waals surface area contributed by atoms with E-state index in [-0.39, 0.29) is 16.9 Å². The quantitative estimate of drug-likeness (QED) is 0.105. The lowest BCUT2D eigenvalue weighted by Crippen LogP contribution is -2.07. The number of ether oxygens (including phenoxy) is 1. The van der Waals surface area contributed by atoms with Crippen molar-refractivity contribution in [1.29, 1.82) is 0 Å². The molecule has 0 aliphatic heterocycles. The Morgan fingerprint density at radius 3 is 1.98 bits per heavy atom. The maximum Gasteiger partial charge on any atom is 0.201 e. The summed E-state index contributed by atoms with van der Waals surface area (Å²) in [7, 11) is 0. The van der Waals surface area contributed by atoms with E-state index in [2.05, 4.69) is 25.2 Å². The fraction of sp³-hybridized carbons (Fsp3) is 0.405. The lowest BCUT2D eigenvalue weighted by molar-refractivity contribution is 0.285. The number of benzene rings is 3. The average Bonchev–Trinajstić information content (AvgIpc) is 3.01. The first-order valence-electron chi connectivity index (χ1n) is 15.4. The highest BCUT2D eigenvalue weighted by Crippen LogP contribution is 2.37. The first-order valence-corrected chi connectivity index (χ1v) is 15.4. The van der Waals surface area contributed by atoms with Crippen molar-refractivity contribution in [3.05, 3.63) is 95.6 Å². The second kappa shape index (κ2) is 15.8. The first kappa shape index (κ1) is 31.6. The smallest absolute Gasteiger partial charge is 0.201 e. The summed E-state index contributed by atoms with van der Waals surface area (Å²) in [5.41, 5.74) is 2.29. The number of hydrogen-bond donors (Lipinski definition) is 0. The van der Waals surface area contributed by atoms with Crippen molar-refractivity contribution in [3.8, 4) is 28.0 Å². The number of unbranched alkanes of at least 4 members (excludes halogenated alkanes) is 5. The van der Waals surface area contributed by atoms with Crippen LogP contribution in [-0.2, 0) is 0 Å². The molecule has 42 heavy (non-hydrogen) atoms. The van der Waals surface area contributed by atoms with Gasteiger partial charge >= 0.3 is 0 Å². The van der Waals surface area contributed by atoms with Crippen molar-refractivity contribution < 1.29 is 22.3 Å². The molecule has 3 aromatic rings. The van der Waals surface area contributed by atoms with Gasteiger partial charge in [0.1, 0.15) is 0 Å². The van der Waals surface area contributed by atoms with E-state index in [1.807, 2.05) is 6.92 Å². The van der Waals surface area contributed by atoms with Gasteiger partial charge in [-0.2, -0.15) is 4.39 Å². The largest absolute Gasteiger partial charge is 0.490 e. The van der Waals surface area contributed by atoms with Gasteiger partial charge in [-0.15, -0.1) is 0 Å². The van der Waals surface area contributed by atoms with Crippen LogP contribution >= 0.6 is 0 Å². The molecule has 0 bridgehead atoms. The summed E-state index contributed by atoms with van der Waals surface area (Å²) in [4.78, 5) is 0. The molecule has 1 aliphatic rings. The van der Waals surface area contributed by atoms with Gasteiger partial charge in [-0.1, -0.05) is 93.7 Å². The van der Waals surface area contributed by atoms with Crippen LogP contribution in [0, 0.1) is 29.2 Å². The standard InChI is InChI=1S/C37H42F4O/c1-3-5-7-8-9-11-25-42-33-24-23-32(36(40)37(33)41)29-19-17-28(18-20-29)31-22-21-30(34(38)35(31)39)27-15-13-26(14-16-27)12-10-6-4-2/h4,6,15,17-24,26H,3,5,7-14,16,25H2,1-2H3. The van der Waals surface area contributed by atoms with Crippen LogP contribution in [0.1, 0.15) is 90.0 Å². The lowest BCUT2D eigenvalue weighted by atomic mass is 9.83. The van der Waals surface area contributed by atoms with Crippen LogP contribution in [0.25, 0.3) is 27.8 Å². The highest BCUT2D eigenvalue weighted by atomic mass is 19.2. The molecular formula is C37H42F4O. The normalized spacial score (nSPS) is 15.3. The van der Waals surface area contributed by atoms with Gasteiger partial charge in [-0.25, -0.2) is 13.2 Å². The molecule has 0 N–H and O–H groups in total. The molecular weight excluding hydrogens is 536 g/mol. The van der Waals surface area contributed by atoms with E-state index >= 15 is 8.78 Å². The van der Waals surface area contributed by atoms with Gasteiger partial charge in [0.05, 0.1) is 6.61 Å². The molecule has 4 rings (SSSR count). The number of hydrogen-bond acceptors (Lipinski definition) is 1. The molecule has 1 atom stereocenters. The van der Waals surface area contributed by atoms with E-state index in [9.17, 15) is 8.78 Å². The van der Waals surface area contributed by atoms with Crippen LogP contribution in [0.15, 0.2) is 66.8 Å². The minimum absolute atomic E-state index is 0.0845. The number of allylic oxidation sites excluding steroid dienone is 4. The fourth-order valence-electron chi connectivity index (χ4n) is 5.67. The predicted molar refractivity (Wildman–Crippen MR) is 165 cm³/mol. The molecule has 1 nitrogen and oxygen atoms in total. The van der Waals surface area contributed by atoms with Crippen molar-refractivity contribution in [2.45, 2.75) is 84.5 Å². The molecule has 1 aliphatic carbocycles. The summed E-state index contributed by atoms with van der Waals surface area (Å²) in [5, 5.41) is 0. The second-order valence-corrected chi connectivity index (χ2v) is 11.2. The average molecular weight is 579 g/mol. The summed E-state index contributed by atoms with van der Waals surface area (Å²) in [5.74, 6) is -3.29. The van der Waals surface area contributed by atoms with Crippen LogP contribution in [0.3, 0.4) is 0 Å². The van der Waals surface area contributed by atoms with Gasteiger partial charge in [0.2, 0.25) is 5.82 Å². The highest BCUT2D eigenvalue weighted by molar-refractivity contribution is 5.74. The summed E-state index contributed by atoms with van der Waals surface area (Å²) in [6, 6.07) is 12.5. The van der Waals surface area contributed by atoms with Gasteiger partial charge in [-0.05, 0) is 80.2 Å². The van der Waals surface area contributed by atoms with E-state index < -0.39 is 23.3 Å². The van der Waals surface area contributed by atoms with Crippen LogP contribution < -0.4 is 4.74 Å². The Hall–Kier alpha value is -3.34. The molecule has 3 aromatic carbocycles. The summed E-state index contributed by atoms with van der Waals surface area (Å²) >= 11 is 0. The molecule has 5 heteroatoms. The predicted octanol–water partition coefficient (Wildman–Crippen LogP) is 11.9. The third-order valence-electron chi connectivity index (χ3n) is 8.23. The maximum atomic E-state index is 15.2. The molecule has 0 heterocycles. The molecule has 0 spiro atoms. The molecule has 0 aromatic heterocycles. The van der Waals surface area contributed by atoms with E-state index in [0.29, 0.717) is 29.2 Å². The Balaban J connectivity index is 1.42. The molecule has 0 radical (unpaired) electrons. The summed E-state index contributed by atoms with van der Waals surface area (Å²) in [6.07, 6.45) is 17.5. The number of halogens is 4. The zero-order valence-corrected chi connectivity index (χ0v) is 24.8. The van der Waals surface area contributed by atoms with Gasteiger partial charge in [-0.3, -0.25) is 0 Å². The molecule has 0 amide bonds. The molecule has 0 fully saturated rings. The van der Waals surface area contributed by atoms with E-state index in [1.54, 1.807) is 36.4 Å². The topological polar surface area (TPSA) is 9.23 Å². The van der Waals surface area contributed by atoms with Gasteiger partial charge in [0, 0.05) is 16.7 Å².